The Hall–Kier alpha value is -4.03. The third kappa shape index (κ3) is 4.60. The first-order valence-electron chi connectivity index (χ1n) is 11.2. The standard InChI is InChI=1S/C25H21F3N6O2S/c1-15(25(36,12-34-14-29-13-30-34)19-8-7-18(27)9-20(19)28)32(2)23(35)22-11-33-10-21(31-24(33)37-22)16-3-5-17(26)6-4-16/h3-11,13-15,36H,12H2,1-2H3/t15-,25-/m1/s1. The summed E-state index contributed by atoms with van der Waals surface area (Å²) >= 11 is 1.14. The molecular weight excluding hydrogens is 505 g/mol. The molecular formula is C25H21F3N6O2S. The Labute approximate surface area is 213 Å². The van der Waals surface area contributed by atoms with E-state index in [-0.39, 0.29) is 17.9 Å². The Kier molecular flexibility index (Phi) is 6.30. The Morgan fingerprint density at radius 3 is 2.51 bits per heavy atom. The van der Waals surface area contributed by atoms with Crippen LogP contribution in [0.25, 0.3) is 16.2 Å². The van der Waals surface area contributed by atoms with Crippen molar-refractivity contribution in [2.45, 2.75) is 25.1 Å². The molecule has 5 rings (SSSR count). The van der Waals surface area contributed by atoms with Crippen molar-refractivity contribution in [2.75, 3.05) is 7.05 Å². The normalized spacial score (nSPS) is 14.0. The van der Waals surface area contributed by atoms with E-state index in [9.17, 15) is 23.1 Å². The fourth-order valence-electron chi connectivity index (χ4n) is 4.17. The smallest absolute Gasteiger partial charge is 0.265 e. The van der Waals surface area contributed by atoms with E-state index in [1.165, 1.54) is 41.4 Å². The van der Waals surface area contributed by atoms with Gasteiger partial charge in [0, 0.05) is 36.6 Å². The lowest BCUT2D eigenvalue weighted by molar-refractivity contribution is -0.0499. The van der Waals surface area contributed by atoms with Crippen LogP contribution in [0.15, 0.2) is 67.5 Å². The number of nitrogens with zero attached hydrogens (tertiary/aromatic N) is 6. The molecule has 8 nitrogen and oxygen atoms in total. The molecule has 5 aromatic rings. The molecule has 0 radical (unpaired) electrons. The number of imidazole rings is 1. The minimum Gasteiger partial charge on any atom is -0.381 e. The maximum atomic E-state index is 14.8. The lowest BCUT2D eigenvalue weighted by atomic mass is 9.85. The quantitative estimate of drug-likeness (QED) is 0.345. The number of rotatable bonds is 7. The van der Waals surface area contributed by atoms with Gasteiger partial charge in [-0.25, -0.2) is 27.8 Å². The van der Waals surface area contributed by atoms with Gasteiger partial charge in [-0.3, -0.25) is 9.20 Å². The lowest BCUT2D eigenvalue weighted by Crippen LogP contribution is -2.52. The second-order valence-corrected chi connectivity index (χ2v) is 9.66. The first kappa shape index (κ1) is 24.7. The number of hydrogen-bond donors (Lipinski definition) is 1. The summed E-state index contributed by atoms with van der Waals surface area (Å²) in [6.45, 7) is 1.34. The fraction of sp³-hybridized carbons (Fsp3) is 0.200. The van der Waals surface area contributed by atoms with Crippen molar-refractivity contribution in [1.29, 1.82) is 0 Å². The number of halogens is 3. The first-order chi connectivity index (χ1) is 17.7. The summed E-state index contributed by atoms with van der Waals surface area (Å²) in [6, 6.07) is 7.86. The molecule has 0 saturated carbocycles. The number of aromatic nitrogens is 5. The molecule has 0 bridgehead atoms. The van der Waals surface area contributed by atoms with Crippen LogP contribution in [0.4, 0.5) is 13.2 Å². The van der Waals surface area contributed by atoms with Gasteiger partial charge in [0.2, 0.25) is 0 Å². The summed E-state index contributed by atoms with van der Waals surface area (Å²) in [5.41, 5.74) is -0.791. The maximum absolute atomic E-state index is 14.8. The third-order valence-corrected chi connectivity index (χ3v) is 7.35. The molecule has 0 fully saturated rings. The Morgan fingerprint density at radius 2 is 1.86 bits per heavy atom. The molecule has 3 aromatic heterocycles. The number of likely N-dealkylation sites (N-methyl/N-ethyl adjacent to an activating group) is 1. The number of aliphatic hydroxyl groups is 1. The zero-order chi connectivity index (χ0) is 26.3. The molecule has 0 aliphatic carbocycles. The monoisotopic (exact) mass is 526 g/mol. The number of carbonyl (C=O) groups is 1. The second-order valence-electron chi connectivity index (χ2n) is 8.65. The van der Waals surface area contributed by atoms with Gasteiger partial charge in [0.15, 0.2) is 4.96 Å². The van der Waals surface area contributed by atoms with Crippen molar-refractivity contribution in [3.05, 3.63) is 95.4 Å². The minimum atomic E-state index is -1.97. The molecule has 0 spiro atoms. The van der Waals surface area contributed by atoms with Crippen LogP contribution in [0.3, 0.4) is 0 Å². The fourth-order valence-corrected chi connectivity index (χ4v) is 5.12. The zero-order valence-electron chi connectivity index (χ0n) is 19.7. The Morgan fingerprint density at radius 1 is 1.14 bits per heavy atom. The summed E-state index contributed by atoms with van der Waals surface area (Å²) in [7, 11) is 1.49. The van der Waals surface area contributed by atoms with E-state index in [2.05, 4.69) is 15.1 Å². The largest absolute Gasteiger partial charge is 0.381 e. The summed E-state index contributed by atoms with van der Waals surface area (Å²) in [6.07, 6.45) is 5.96. The average Bonchev–Trinajstić information content (AvgIpc) is 3.60. The summed E-state index contributed by atoms with van der Waals surface area (Å²) in [5.74, 6) is -2.51. The summed E-state index contributed by atoms with van der Waals surface area (Å²) < 4.78 is 44.7. The number of fused-ring (bicyclic) bond motifs is 1. The van der Waals surface area contributed by atoms with Gasteiger partial charge < -0.3 is 10.0 Å². The highest BCUT2D eigenvalue weighted by Gasteiger charge is 2.43. The van der Waals surface area contributed by atoms with Gasteiger partial charge >= 0.3 is 0 Å². The van der Waals surface area contributed by atoms with Crippen LogP contribution in [0.2, 0.25) is 0 Å². The molecule has 12 heteroatoms. The van der Waals surface area contributed by atoms with Gasteiger partial charge in [-0.15, -0.1) is 0 Å². The number of thiazole rings is 1. The van der Waals surface area contributed by atoms with Crippen molar-refractivity contribution < 1.29 is 23.1 Å². The van der Waals surface area contributed by atoms with Crippen molar-refractivity contribution >= 4 is 22.2 Å². The molecule has 3 heterocycles. The van der Waals surface area contributed by atoms with Crippen molar-refractivity contribution in [1.82, 2.24) is 29.0 Å². The van der Waals surface area contributed by atoms with Crippen molar-refractivity contribution in [3.63, 3.8) is 0 Å². The zero-order valence-corrected chi connectivity index (χ0v) is 20.5. The van der Waals surface area contributed by atoms with Gasteiger partial charge in [-0.2, -0.15) is 5.10 Å². The van der Waals surface area contributed by atoms with E-state index >= 15 is 0 Å². The van der Waals surface area contributed by atoms with Gasteiger partial charge in [-0.05, 0) is 37.3 Å². The molecule has 2 atom stereocenters. The van der Waals surface area contributed by atoms with Gasteiger partial charge in [0.25, 0.3) is 5.91 Å². The average molecular weight is 527 g/mol. The molecule has 0 aliphatic heterocycles. The number of benzene rings is 2. The molecule has 0 unspecified atom stereocenters. The molecule has 1 N–H and O–H groups in total. The molecule has 1 amide bonds. The molecule has 0 saturated heterocycles. The molecule has 190 valence electrons. The van der Waals surface area contributed by atoms with Crippen LogP contribution in [0, 0.1) is 17.5 Å². The van der Waals surface area contributed by atoms with Gasteiger partial charge in [-0.1, -0.05) is 17.4 Å². The first-order valence-corrected chi connectivity index (χ1v) is 12.0. The van der Waals surface area contributed by atoms with E-state index in [1.807, 2.05) is 0 Å². The predicted molar refractivity (Wildman–Crippen MR) is 130 cm³/mol. The lowest BCUT2D eigenvalue weighted by Gasteiger charge is -2.39. The van der Waals surface area contributed by atoms with Crippen LogP contribution in [0.5, 0.6) is 0 Å². The number of amides is 1. The van der Waals surface area contributed by atoms with E-state index in [0.717, 1.165) is 29.0 Å². The van der Waals surface area contributed by atoms with Crippen LogP contribution in [-0.4, -0.2) is 53.2 Å². The van der Waals surface area contributed by atoms with E-state index in [0.29, 0.717) is 21.6 Å². The highest BCUT2D eigenvalue weighted by molar-refractivity contribution is 7.18. The van der Waals surface area contributed by atoms with E-state index in [1.54, 1.807) is 35.9 Å². The van der Waals surface area contributed by atoms with Crippen molar-refractivity contribution in [3.8, 4) is 11.3 Å². The highest BCUT2D eigenvalue weighted by atomic mass is 32.1. The van der Waals surface area contributed by atoms with Crippen LogP contribution >= 0.6 is 11.3 Å². The minimum absolute atomic E-state index is 0.179. The molecule has 2 aromatic carbocycles. The van der Waals surface area contributed by atoms with E-state index in [4.69, 9.17) is 0 Å². The second kappa shape index (κ2) is 9.45. The highest BCUT2D eigenvalue weighted by Crippen LogP contribution is 2.33. The van der Waals surface area contributed by atoms with Crippen molar-refractivity contribution in [2.24, 2.45) is 0 Å². The predicted octanol–water partition coefficient (Wildman–Crippen LogP) is 4.12. The topological polar surface area (TPSA) is 88.5 Å². The van der Waals surface area contributed by atoms with Crippen LogP contribution < -0.4 is 0 Å². The SMILES string of the molecule is C[C@@H](N(C)C(=O)c1cn2cc(-c3ccc(F)cc3)nc2s1)[C@](O)(Cn1cncn1)c1ccc(F)cc1F. The Balaban J connectivity index is 1.44. The summed E-state index contributed by atoms with van der Waals surface area (Å²) in [4.78, 5) is 24.0. The molecule has 37 heavy (non-hydrogen) atoms. The molecule has 0 aliphatic rings. The Bertz CT molecular complexity index is 1540. The summed E-state index contributed by atoms with van der Waals surface area (Å²) in [5, 5.41) is 15.8. The van der Waals surface area contributed by atoms with E-state index < -0.39 is 29.2 Å². The van der Waals surface area contributed by atoms with Gasteiger partial charge in [0.05, 0.1) is 18.3 Å². The van der Waals surface area contributed by atoms with Gasteiger partial charge in [0.1, 0.15) is 40.6 Å². The maximum Gasteiger partial charge on any atom is 0.265 e. The van der Waals surface area contributed by atoms with Crippen LogP contribution in [-0.2, 0) is 12.1 Å². The third-order valence-electron chi connectivity index (χ3n) is 6.37. The number of carbonyl (C=O) groups excluding carboxylic acids is 1. The number of hydrogen-bond acceptors (Lipinski definition) is 6. The van der Waals surface area contributed by atoms with Crippen LogP contribution in [0.1, 0.15) is 22.2 Å².